The Bertz CT molecular complexity index is 819. The van der Waals surface area contributed by atoms with Crippen molar-refractivity contribution < 1.29 is 4.79 Å². The second-order valence-corrected chi connectivity index (χ2v) is 5.31. The van der Waals surface area contributed by atoms with Gasteiger partial charge in [-0.05, 0) is 24.5 Å². The number of carbonyl (C=O) groups excluding carboxylic acids is 1. The van der Waals surface area contributed by atoms with Gasteiger partial charge in [0.15, 0.2) is 5.78 Å². The van der Waals surface area contributed by atoms with Gasteiger partial charge >= 0.3 is 0 Å². The van der Waals surface area contributed by atoms with Crippen molar-refractivity contribution in [2.45, 2.75) is 19.8 Å². The van der Waals surface area contributed by atoms with E-state index in [1.165, 1.54) is 0 Å². The second-order valence-electron chi connectivity index (χ2n) is 5.31. The first-order valence-electron chi connectivity index (χ1n) is 6.52. The average Bonchev–Trinajstić information content (AvgIpc) is 2.74. The predicted molar refractivity (Wildman–Crippen MR) is 72.3 cm³/mol. The van der Waals surface area contributed by atoms with Gasteiger partial charge < -0.3 is 0 Å². The molecule has 3 aromatic rings. The van der Waals surface area contributed by atoms with Gasteiger partial charge in [0.2, 0.25) is 5.78 Å². The van der Waals surface area contributed by atoms with Crippen LogP contribution in [0.4, 0.5) is 0 Å². The fourth-order valence-electron chi connectivity index (χ4n) is 2.84. The number of nitrogens with zero attached hydrogens (tertiary/aromatic N) is 3. The van der Waals surface area contributed by atoms with Crippen LogP contribution < -0.4 is 0 Å². The third-order valence-electron chi connectivity index (χ3n) is 3.76. The molecule has 94 valence electrons. The van der Waals surface area contributed by atoms with Crippen molar-refractivity contribution in [1.29, 1.82) is 0 Å². The van der Waals surface area contributed by atoms with E-state index in [1.54, 1.807) is 0 Å². The number of imidazole rings is 1. The van der Waals surface area contributed by atoms with Gasteiger partial charge in [-0.3, -0.25) is 9.20 Å². The second kappa shape index (κ2) is 3.63. The molecule has 4 rings (SSSR count). The number of hydrogen-bond acceptors (Lipinski definition) is 3. The van der Waals surface area contributed by atoms with Crippen LogP contribution in [0.2, 0.25) is 0 Å². The van der Waals surface area contributed by atoms with Gasteiger partial charge in [0, 0.05) is 12.6 Å². The van der Waals surface area contributed by atoms with Crippen LogP contribution >= 0.6 is 0 Å². The smallest absolute Gasteiger partial charge is 0.235 e. The average molecular weight is 251 g/mol. The maximum absolute atomic E-state index is 12.1. The topological polar surface area (TPSA) is 47.3 Å². The zero-order valence-corrected chi connectivity index (χ0v) is 10.6. The maximum atomic E-state index is 12.1. The molecule has 0 bridgehead atoms. The van der Waals surface area contributed by atoms with Crippen molar-refractivity contribution in [2.24, 2.45) is 5.92 Å². The number of carbonyl (C=O) groups is 1. The van der Waals surface area contributed by atoms with Crippen molar-refractivity contribution in [3.05, 3.63) is 41.7 Å². The Morgan fingerprint density at radius 1 is 1.21 bits per heavy atom. The number of ketones is 1. The molecule has 2 heterocycles. The highest BCUT2D eigenvalue weighted by Crippen LogP contribution is 2.25. The van der Waals surface area contributed by atoms with E-state index in [0.717, 1.165) is 28.7 Å². The molecule has 2 aromatic heterocycles. The van der Waals surface area contributed by atoms with Crippen LogP contribution in [-0.4, -0.2) is 20.2 Å². The summed E-state index contributed by atoms with van der Waals surface area (Å²) in [5.41, 5.74) is 3.57. The first-order chi connectivity index (χ1) is 9.22. The molecule has 0 radical (unpaired) electrons. The summed E-state index contributed by atoms with van der Waals surface area (Å²) in [5.74, 6) is 1.25. The number of fused-ring (bicyclic) bond motifs is 4. The molecule has 1 aromatic carbocycles. The Morgan fingerprint density at radius 2 is 2.05 bits per heavy atom. The Balaban J connectivity index is 2.08. The molecule has 0 saturated heterocycles. The Labute approximate surface area is 110 Å². The largest absolute Gasteiger partial charge is 0.294 e. The number of aromatic nitrogens is 3. The fourth-order valence-corrected chi connectivity index (χ4v) is 2.84. The van der Waals surface area contributed by atoms with Crippen LogP contribution in [0, 0.1) is 5.92 Å². The first kappa shape index (κ1) is 10.7. The lowest BCUT2D eigenvalue weighted by Crippen LogP contribution is -2.20. The molecule has 0 N–H and O–H groups in total. The summed E-state index contributed by atoms with van der Waals surface area (Å²) >= 11 is 0. The minimum Gasteiger partial charge on any atom is -0.294 e. The van der Waals surface area contributed by atoms with Crippen molar-refractivity contribution in [3.63, 3.8) is 0 Å². The number of para-hydroxylation sites is 2. The fraction of sp³-hybridized carbons (Fsp3) is 0.267. The lowest BCUT2D eigenvalue weighted by molar-refractivity contribution is 0.0951. The van der Waals surface area contributed by atoms with Gasteiger partial charge in [0.25, 0.3) is 0 Å². The van der Waals surface area contributed by atoms with Gasteiger partial charge in [-0.1, -0.05) is 19.1 Å². The van der Waals surface area contributed by atoms with Crippen molar-refractivity contribution >= 4 is 22.6 Å². The molecule has 0 aliphatic heterocycles. The summed E-state index contributed by atoms with van der Waals surface area (Å²) in [4.78, 5) is 21.2. The molecule has 0 amide bonds. The molecular weight excluding hydrogens is 238 g/mol. The number of hydrogen-bond donors (Lipinski definition) is 0. The van der Waals surface area contributed by atoms with Crippen LogP contribution in [-0.2, 0) is 6.42 Å². The van der Waals surface area contributed by atoms with Gasteiger partial charge in [-0.15, -0.1) is 0 Å². The lowest BCUT2D eigenvalue weighted by Gasteiger charge is -2.19. The Hall–Kier alpha value is -2.23. The monoisotopic (exact) mass is 251 g/mol. The van der Waals surface area contributed by atoms with E-state index in [0.29, 0.717) is 18.1 Å². The predicted octanol–water partition coefficient (Wildman–Crippen LogP) is 2.65. The molecule has 0 fully saturated rings. The summed E-state index contributed by atoms with van der Waals surface area (Å²) in [5, 5.41) is 0. The van der Waals surface area contributed by atoms with Crippen LogP contribution in [0.3, 0.4) is 0 Å². The molecule has 0 spiro atoms. The van der Waals surface area contributed by atoms with Crippen molar-refractivity contribution in [1.82, 2.24) is 14.4 Å². The van der Waals surface area contributed by atoms with Gasteiger partial charge in [-0.2, -0.15) is 0 Å². The third kappa shape index (κ3) is 1.49. The van der Waals surface area contributed by atoms with E-state index in [1.807, 2.05) is 34.9 Å². The third-order valence-corrected chi connectivity index (χ3v) is 3.76. The minimum atomic E-state index is 0.195. The highest BCUT2D eigenvalue weighted by molar-refractivity contribution is 5.98. The van der Waals surface area contributed by atoms with E-state index in [9.17, 15) is 4.79 Å². The molecule has 1 aliphatic carbocycles. The Morgan fingerprint density at radius 3 is 2.95 bits per heavy atom. The van der Waals surface area contributed by atoms with Gasteiger partial charge in [0.1, 0.15) is 0 Å². The highest BCUT2D eigenvalue weighted by Gasteiger charge is 2.24. The summed E-state index contributed by atoms with van der Waals surface area (Å²) in [6.45, 7) is 2.09. The molecule has 1 atom stereocenters. The Kier molecular flexibility index (Phi) is 2.04. The lowest BCUT2D eigenvalue weighted by atomic mass is 9.88. The zero-order valence-electron chi connectivity index (χ0n) is 10.6. The SMILES string of the molecule is C[C@H]1CC(=O)c2cn3c(nc2C1)nc1ccccc13. The van der Waals surface area contributed by atoms with Crippen molar-refractivity contribution in [3.8, 4) is 0 Å². The normalized spacial score (nSPS) is 19.0. The minimum absolute atomic E-state index is 0.195. The summed E-state index contributed by atoms with van der Waals surface area (Å²) in [6.07, 6.45) is 3.38. The molecule has 0 saturated carbocycles. The quantitative estimate of drug-likeness (QED) is 0.617. The van der Waals surface area contributed by atoms with Gasteiger partial charge in [0.05, 0.1) is 22.3 Å². The molecule has 19 heavy (non-hydrogen) atoms. The van der Waals surface area contributed by atoms with Crippen LogP contribution in [0.25, 0.3) is 16.8 Å². The van der Waals surface area contributed by atoms with E-state index < -0.39 is 0 Å². The highest BCUT2D eigenvalue weighted by atomic mass is 16.1. The van der Waals surface area contributed by atoms with E-state index >= 15 is 0 Å². The summed E-state index contributed by atoms with van der Waals surface area (Å²) < 4.78 is 1.92. The molecule has 4 heteroatoms. The molecular formula is C15H13N3O. The summed E-state index contributed by atoms with van der Waals surface area (Å²) in [6, 6.07) is 7.90. The number of benzene rings is 1. The zero-order chi connectivity index (χ0) is 13.0. The number of Topliss-reactive ketones (excluding diaryl/α,β-unsaturated/α-hetero) is 1. The number of rotatable bonds is 0. The van der Waals surface area contributed by atoms with E-state index in [2.05, 4.69) is 16.9 Å². The molecule has 1 aliphatic rings. The van der Waals surface area contributed by atoms with Crippen LogP contribution in [0.1, 0.15) is 29.4 Å². The van der Waals surface area contributed by atoms with Crippen LogP contribution in [0.15, 0.2) is 30.5 Å². The van der Waals surface area contributed by atoms with Crippen molar-refractivity contribution in [2.75, 3.05) is 0 Å². The molecule has 0 unspecified atom stereocenters. The van der Waals surface area contributed by atoms with E-state index in [-0.39, 0.29) is 5.78 Å². The molecule has 4 nitrogen and oxygen atoms in total. The standard InChI is InChI=1S/C15H13N3O/c1-9-6-12-10(14(19)7-9)8-18-13-5-3-2-4-11(13)16-15(18)17-12/h2-5,8-9H,6-7H2,1H3/t9-/m1/s1. The first-order valence-corrected chi connectivity index (χ1v) is 6.52. The van der Waals surface area contributed by atoms with Crippen LogP contribution in [0.5, 0.6) is 0 Å². The van der Waals surface area contributed by atoms with Gasteiger partial charge in [-0.25, -0.2) is 9.97 Å². The maximum Gasteiger partial charge on any atom is 0.235 e. The summed E-state index contributed by atoms with van der Waals surface area (Å²) in [7, 11) is 0. The van der Waals surface area contributed by atoms with E-state index in [4.69, 9.17) is 0 Å².